The molecule has 6 heteroatoms. The van der Waals surface area contributed by atoms with Crippen molar-refractivity contribution in [2.75, 3.05) is 6.54 Å². The van der Waals surface area contributed by atoms with E-state index in [4.69, 9.17) is 9.15 Å². The molecule has 1 aliphatic rings. The molecular weight excluding hydrogens is 392 g/mol. The van der Waals surface area contributed by atoms with Crippen LogP contribution >= 0.6 is 0 Å². The molecule has 3 rings (SSSR count). The number of aryl methyl sites for hydroxylation is 2. The molecule has 1 heterocycles. The van der Waals surface area contributed by atoms with Crippen molar-refractivity contribution in [2.24, 2.45) is 11.8 Å². The number of oxazole rings is 1. The highest BCUT2D eigenvalue weighted by Gasteiger charge is 2.25. The minimum Gasteiger partial charge on any atom is -0.480 e. The summed E-state index contributed by atoms with van der Waals surface area (Å²) >= 11 is 0. The average molecular weight is 429 g/mol. The molecule has 0 amide bonds. The maximum atomic E-state index is 11.3. The predicted molar refractivity (Wildman–Crippen MR) is 121 cm³/mol. The van der Waals surface area contributed by atoms with E-state index in [2.05, 4.69) is 29.4 Å². The van der Waals surface area contributed by atoms with Crippen LogP contribution in [-0.2, 0) is 16.1 Å². The van der Waals surface area contributed by atoms with E-state index in [0.29, 0.717) is 18.4 Å². The van der Waals surface area contributed by atoms with E-state index in [9.17, 15) is 9.90 Å². The summed E-state index contributed by atoms with van der Waals surface area (Å²) in [5.74, 6) is 1.32. The minimum atomic E-state index is -0.770. The standard InChI is InChI=1S/C25H36N2O4/c1-16(2)23(25(28)29)26-12-11-19-8-6-10-21(14-19)30-15-22-18(4)31-24(27-22)20-9-5-7-17(3)13-20/h5,7,9,13,16,19,21,23,26H,6,8,10-12,14-15H2,1-4H3,(H,28,29)/t19-,21-,23+/m1/s1. The lowest BCUT2D eigenvalue weighted by molar-refractivity contribution is -0.140. The van der Waals surface area contributed by atoms with E-state index in [-0.39, 0.29) is 12.0 Å². The molecular formula is C25H36N2O4. The van der Waals surface area contributed by atoms with Crippen LogP contribution in [0, 0.1) is 25.7 Å². The Morgan fingerprint density at radius 3 is 2.84 bits per heavy atom. The highest BCUT2D eigenvalue weighted by Crippen LogP contribution is 2.30. The molecule has 1 aromatic heterocycles. The fourth-order valence-corrected chi connectivity index (χ4v) is 4.37. The summed E-state index contributed by atoms with van der Waals surface area (Å²) < 4.78 is 12.1. The lowest BCUT2D eigenvalue weighted by Gasteiger charge is -2.29. The van der Waals surface area contributed by atoms with Crippen LogP contribution in [0.25, 0.3) is 11.5 Å². The van der Waals surface area contributed by atoms with E-state index in [1.165, 1.54) is 12.0 Å². The van der Waals surface area contributed by atoms with Crippen molar-refractivity contribution < 1.29 is 19.1 Å². The fraction of sp³-hybridized carbons (Fsp3) is 0.600. The average Bonchev–Trinajstić information content (AvgIpc) is 3.10. The normalized spacial score (nSPS) is 20.2. The SMILES string of the molecule is Cc1cccc(-c2nc(CO[C@@H]3CCC[C@H](CCN[C@H](C(=O)O)C(C)C)C3)c(C)o2)c1. The Morgan fingerprint density at radius 1 is 1.32 bits per heavy atom. The maximum Gasteiger partial charge on any atom is 0.320 e. The molecule has 31 heavy (non-hydrogen) atoms. The molecule has 6 nitrogen and oxygen atoms in total. The van der Waals surface area contributed by atoms with E-state index in [1.807, 2.05) is 32.9 Å². The number of aromatic nitrogens is 1. The van der Waals surface area contributed by atoms with Crippen LogP contribution in [0.4, 0.5) is 0 Å². The van der Waals surface area contributed by atoms with Crippen LogP contribution < -0.4 is 5.32 Å². The number of nitrogens with zero attached hydrogens (tertiary/aromatic N) is 1. The van der Waals surface area contributed by atoms with E-state index in [0.717, 1.165) is 49.2 Å². The van der Waals surface area contributed by atoms with Gasteiger partial charge < -0.3 is 19.6 Å². The molecule has 1 aliphatic carbocycles. The van der Waals surface area contributed by atoms with Gasteiger partial charge in [-0.3, -0.25) is 4.79 Å². The third-order valence-corrected chi connectivity index (χ3v) is 6.20. The highest BCUT2D eigenvalue weighted by molar-refractivity contribution is 5.73. The van der Waals surface area contributed by atoms with Crippen LogP contribution in [0.15, 0.2) is 28.7 Å². The Morgan fingerprint density at radius 2 is 2.13 bits per heavy atom. The van der Waals surface area contributed by atoms with Crippen molar-refractivity contribution in [3.63, 3.8) is 0 Å². The van der Waals surface area contributed by atoms with E-state index in [1.54, 1.807) is 0 Å². The molecule has 0 saturated heterocycles. The van der Waals surface area contributed by atoms with Gasteiger partial charge in [0.05, 0.1) is 12.7 Å². The Kier molecular flexibility index (Phi) is 8.27. The number of carboxylic acid groups (broad SMARTS) is 1. The van der Waals surface area contributed by atoms with Gasteiger partial charge in [0.2, 0.25) is 5.89 Å². The van der Waals surface area contributed by atoms with Gasteiger partial charge in [-0.2, -0.15) is 0 Å². The van der Waals surface area contributed by atoms with Gasteiger partial charge in [-0.25, -0.2) is 4.98 Å². The zero-order valence-electron chi connectivity index (χ0n) is 19.2. The second-order valence-corrected chi connectivity index (χ2v) is 9.16. The first-order valence-electron chi connectivity index (χ1n) is 11.4. The van der Waals surface area contributed by atoms with E-state index < -0.39 is 12.0 Å². The Hall–Kier alpha value is -2.18. The summed E-state index contributed by atoms with van der Waals surface area (Å²) in [4.78, 5) is 16.0. The Bertz CT molecular complexity index is 861. The number of carboxylic acids is 1. The molecule has 2 aromatic rings. The largest absolute Gasteiger partial charge is 0.480 e. The molecule has 3 atom stereocenters. The molecule has 1 saturated carbocycles. The van der Waals surface area contributed by atoms with Crippen LogP contribution in [0.1, 0.15) is 63.0 Å². The topological polar surface area (TPSA) is 84.6 Å². The van der Waals surface area contributed by atoms with Gasteiger partial charge in [-0.05, 0) is 63.6 Å². The minimum absolute atomic E-state index is 0.0790. The van der Waals surface area contributed by atoms with Gasteiger partial charge in [-0.1, -0.05) is 44.4 Å². The quantitative estimate of drug-likeness (QED) is 0.546. The van der Waals surface area contributed by atoms with Crippen molar-refractivity contribution in [1.82, 2.24) is 10.3 Å². The summed E-state index contributed by atoms with van der Waals surface area (Å²) in [5.41, 5.74) is 3.03. The number of benzene rings is 1. The van der Waals surface area contributed by atoms with Crippen LogP contribution in [0.2, 0.25) is 0 Å². The molecule has 0 spiro atoms. The molecule has 170 valence electrons. The highest BCUT2D eigenvalue weighted by atomic mass is 16.5. The number of aliphatic carboxylic acids is 1. The van der Waals surface area contributed by atoms with Crippen LogP contribution in [0.5, 0.6) is 0 Å². The third-order valence-electron chi connectivity index (χ3n) is 6.20. The second-order valence-electron chi connectivity index (χ2n) is 9.16. The van der Waals surface area contributed by atoms with E-state index >= 15 is 0 Å². The first-order chi connectivity index (χ1) is 14.8. The smallest absolute Gasteiger partial charge is 0.320 e. The number of hydrogen-bond donors (Lipinski definition) is 2. The van der Waals surface area contributed by atoms with Gasteiger partial charge in [0.1, 0.15) is 17.5 Å². The molecule has 0 bridgehead atoms. The van der Waals surface area contributed by atoms with Crippen molar-refractivity contribution in [2.45, 2.75) is 78.6 Å². The van der Waals surface area contributed by atoms with Gasteiger partial charge in [0, 0.05) is 5.56 Å². The molecule has 0 aliphatic heterocycles. The number of nitrogens with one attached hydrogen (secondary N) is 1. The molecule has 1 fully saturated rings. The first kappa shape index (κ1) is 23.5. The molecule has 1 aromatic carbocycles. The first-order valence-corrected chi connectivity index (χ1v) is 11.4. The fourth-order valence-electron chi connectivity index (χ4n) is 4.37. The number of carbonyl (C=O) groups is 1. The van der Waals surface area contributed by atoms with Gasteiger partial charge >= 0.3 is 5.97 Å². The zero-order valence-corrected chi connectivity index (χ0v) is 19.2. The van der Waals surface area contributed by atoms with Gasteiger partial charge in [-0.15, -0.1) is 0 Å². The molecule has 2 N–H and O–H groups in total. The van der Waals surface area contributed by atoms with Gasteiger partial charge in [0.15, 0.2) is 0 Å². The van der Waals surface area contributed by atoms with Crippen molar-refractivity contribution >= 4 is 5.97 Å². The summed E-state index contributed by atoms with van der Waals surface area (Å²) in [6.45, 7) is 9.07. The summed E-state index contributed by atoms with van der Waals surface area (Å²) in [5, 5.41) is 12.5. The summed E-state index contributed by atoms with van der Waals surface area (Å²) in [6.07, 6.45) is 5.61. The summed E-state index contributed by atoms with van der Waals surface area (Å²) in [6, 6.07) is 7.68. The summed E-state index contributed by atoms with van der Waals surface area (Å²) in [7, 11) is 0. The number of rotatable bonds is 10. The monoisotopic (exact) mass is 428 g/mol. The van der Waals surface area contributed by atoms with Crippen molar-refractivity contribution in [1.29, 1.82) is 0 Å². The number of ether oxygens (including phenoxy) is 1. The lowest BCUT2D eigenvalue weighted by Crippen LogP contribution is -2.42. The predicted octanol–water partition coefficient (Wildman–Crippen LogP) is 5.12. The second kappa shape index (κ2) is 10.9. The van der Waals surface area contributed by atoms with Gasteiger partial charge in [0.25, 0.3) is 0 Å². The van der Waals surface area contributed by atoms with Crippen LogP contribution in [0.3, 0.4) is 0 Å². The third kappa shape index (κ3) is 6.65. The van der Waals surface area contributed by atoms with Crippen molar-refractivity contribution in [3.05, 3.63) is 41.3 Å². The Balaban J connectivity index is 1.48. The van der Waals surface area contributed by atoms with Crippen molar-refractivity contribution in [3.8, 4) is 11.5 Å². The molecule has 0 unspecified atom stereocenters. The van der Waals surface area contributed by atoms with Crippen LogP contribution in [-0.4, -0.2) is 34.8 Å². The lowest BCUT2D eigenvalue weighted by atomic mass is 9.85. The zero-order chi connectivity index (χ0) is 22.4. The maximum absolute atomic E-state index is 11.3. The number of hydrogen-bond acceptors (Lipinski definition) is 5. The Labute approximate surface area is 185 Å². The molecule has 0 radical (unpaired) electrons.